The average molecular weight is 443 g/mol. The van der Waals surface area contributed by atoms with Crippen LogP contribution in [-0.4, -0.2) is 67.1 Å². The van der Waals surface area contributed by atoms with Crippen LogP contribution in [0.25, 0.3) is 0 Å². The second kappa shape index (κ2) is 8.77. The number of halogens is 2. The molecule has 8 heteroatoms. The predicted octanol–water partition coefficient (Wildman–Crippen LogP) is 3.41. The monoisotopic (exact) mass is 443 g/mol. The number of carbonyl (C=O) groups excluding carboxylic acids is 1. The Hall–Kier alpha value is -2.55. The van der Waals surface area contributed by atoms with Crippen molar-refractivity contribution in [3.63, 3.8) is 0 Å². The van der Waals surface area contributed by atoms with Gasteiger partial charge in [-0.15, -0.1) is 0 Å². The molecule has 32 heavy (non-hydrogen) atoms. The second-order valence-electron chi connectivity index (χ2n) is 8.74. The zero-order valence-corrected chi connectivity index (χ0v) is 17.9. The summed E-state index contributed by atoms with van der Waals surface area (Å²) in [6.45, 7) is 2.99. The molecule has 2 heterocycles. The van der Waals surface area contributed by atoms with Crippen molar-refractivity contribution in [2.45, 2.75) is 31.1 Å². The van der Waals surface area contributed by atoms with E-state index < -0.39 is 23.5 Å². The van der Waals surface area contributed by atoms with Crippen molar-refractivity contribution >= 4 is 11.7 Å². The highest BCUT2D eigenvalue weighted by Crippen LogP contribution is 2.31. The molecule has 5 rings (SSSR count). The van der Waals surface area contributed by atoms with Crippen LogP contribution in [0.3, 0.4) is 0 Å². The van der Waals surface area contributed by atoms with E-state index >= 15 is 0 Å². The Morgan fingerprint density at radius 2 is 1.75 bits per heavy atom. The number of urea groups is 1. The lowest BCUT2D eigenvalue weighted by atomic mass is 10.1. The van der Waals surface area contributed by atoms with Gasteiger partial charge in [0.1, 0.15) is 11.6 Å². The third kappa shape index (κ3) is 4.35. The number of hydrogen-bond donors (Lipinski definition) is 1. The van der Waals surface area contributed by atoms with Crippen LogP contribution in [-0.2, 0) is 22.3 Å². The number of benzene rings is 2. The first-order valence-corrected chi connectivity index (χ1v) is 11.1. The van der Waals surface area contributed by atoms with E-state index in [1.807, 2.05) is 0 Å². The van der Waals surface area contributed by atoms with Crippen LogP contribution in [0.5, 0.6) is 0 Å². The van der Waals surface area contributed by atoms with Gasteiger partial charge in [0.05, 0.1) is 32.0 Å². The molecule has 0 aromatic heterocycles. The van der Waals surface area contributed by atoms with Crippen LogP contribution in [0.2, 0.25) is 0 Å². The molecule has 1 aliphatic carbocycles. The van der Waals surface area contributed by atoms with E-state index in [9.17, 15) is 13.6 Å². The van der Waals surface area contributed by atoms with Gasteiger partial charge in [0.15, 0.2) is 5.79 Å². The van der Waals surface area contributed by atoms with Crippen molar-refractivity contribution in [3.8, 4) is 0 Å². The maximum atomic E-state index is 14.0. The van der Waals surface area contributed by atoms with Gasteiger partial charge < -0.3 is 19.7 Å². The first-order chi connectivity index (χ1) is 15.5. The van der Waals surface area contributed by atoms with Gasteiger partial charge in [0.2, 0.25) is 0 Å². The van der Waals surface area contributed by atoms with Crippen LogP contribution < -0.4 is 5.32 Å². The number of nitrogens with one attached hydrogen (secondary N) is 1. The van der Waals surface area contributed by atoms with Crippen LogP contribution in [0.15, 0.2) is 42.5 Å². The normalized spacial score (nSPS) is 24.4. The molecule has 2 aromatic rings. The number of ether oxygens (including phenoxy) is 2. The highest BCUT2D eigenvalue weighted by atomic mass is 19.1. The molecule has 2 aliphatic heterocycles. The largest absolute Gasteiger partial charge is 0.347 e. The van der Waals surface area contributed by atoms with Gasteiger partial charge in [-0.25, -0.2) is 13.6 Å². The number of nitrogens with zero attached hydrogens (tertiary/aromatic N) is 2. The maximum Gasteiger partial charge on any atom is 0.322 e. The average Bonchev–Trinajstić information content (AvgIpc) is 3.12. The summed E-state index contributed by atoms with van der Waals surface area (Å²) in [5, 5.41) is 2.54. The van der Waals surface area contributed by atoms with Crippen molar-refractivity contribution in [2.75, 3.05) is 44.7 Å². The summed E-state index contributed by atoms with van der Waals surface area (Å²) in [7, 11) is 0. The summed E-state index contributed by atoms with van der Waals surface area (Å²) in [6, 6.07) is 11.6. The first kappa shape index (κ1) is 21.3. The number of rotatable bonds is 2. The molecular weight excluding hydrogens is 416 g/mol. The Kier molecular flexibility index (Phi) is 5.84. The van der Waals surface area contributed by atoms with Crippen molar-refractivity contribution < 1.29 is 23.0 Å². The molecule has 2 aromatic carbocycles. The quantitative estimate of drug-likeness (QED) is 0.773. The van der Waals surface area contributed by atoms with Gasteiger partial charge in [-0.2, -0.15) is 0 Å². The van der Waals surface area contributed by atoms with Gasteiger partial charge in [-0.05, 0) is 42.5 Å². The summed E-state index contributed by atoms with van der Waals surface area (Å²) in [4.78, 5) is 16.8. The van der Waals surface area contributed by atoms with Crippen LogP contribution in [0.1, 0.15) is 17.5 Å². The van der Waals surface area contributed by atoms with Crippen molar-refractivity contribution in [3.05, 3.63) is 65.2 Å². The Balaban J connectivity index is 1.28. The highest BCUT2D eigenvalue weighted by molar-refractivity contribution is 5.89. The van der Waals surface area contributed by atoms with Gasteiger partial charge >= 0.3 is 6.03 Å². The van der Waals surface area contributed by atoms with Crippen LogP contribution in [0, 0.1) is 11.6 Å². The van der Waals surface area contributed by atoms with E-state index in [2.05, 4.69) is 34.5 Å². The lowest BCUT2D eigenvalue weighted by Gasteiger charge is -2.44. The van der Waals surface area contributed by atoms with Gasteiger partial charge in [0, 0.05) is 25.2 Å². The molecule has 2 amide bonds. The first-order valence-electron chi connectivity index (χ1n) is 11.1. The van der Waals surface area contributed by atoms with Gasteiger partial charge in [-0.1, -0.05) is 24.3 Å². The molecule has 3 aliphatic rings. The second-order valence-corrected chi connectivity index (χ2v) is 8.74. The van der Waals surface area contributed by atoms with E-state index in [0.717, 1.165) is 37.9 Å². The molecule has 0 saturated carbocycles. The molecule has 0 radical (unpaired) electrons. The Morgan fingerprint density at radius 1 is 1.00 bits per heavy atom. The van der Waals surface area contributed by atoms with E-state index in [1.165, 1.54) is 17.2 Å². The topological polar surface area (TPSA) is 54.0 Å². The zero-order valence-electron chi connectivity index (χ0n) is 17.9. The molecule has 1 unspecified atom stereocenters. The predicted molar refractivity (Wildman–Crippen MR) is 115 cm³/mol. The number of morpholine rings is 1. The lowest BCUT2D eigenvalue weighted by Crippen LogP contribution is -2.60. The molecule has 0 bridgehead atoms. The SMILES string of the molecule is O=C(Nc1ccc(F)cc1F)N1CCOC2(C1)CN(C1Cc3ccccc3C1)CCCO2. The fraction of sp³-hybridized carbons (Fsp3) is 0.458. The van der Waals surface area contributed by atoms with Crippen molar-refractivity contribution in [1.82, 2.24) is 9.80 Å². The third-order valence-corrected chi connectivity index (χ3v) is 6.56. The minimum Gasteiger partial charge on any atom is -0.347 e. The standard InChI is InChI=1S/C24H27F2N3O3/c25-19-6-7-22(21(26)14-19)27-23(30)29-9-11-32-24(16-29)15-28(8-3-10-31-24)20-12-17-4-1-2-5-18(17)13-20/h1-2,4-7,14,20H,3,8-13,15-16H2,(H,27,30). The van der Waals surface area contributed by atoms with Gasteiger partial charge in [0.25, 0.3) is 0 Å². The van der Waals surface area contributed by atoms with Gasteiger partial charge in [-0.3, -0.25) is 4.90 Å². The summed E-state index contributed by atoms with van der Waals surface area (Å²) >= 11 is 0. The van der Waals surface area contributed by atoms with Crippen LogP contribution in [0.4, 0.5) is 19.3 Å². The fourth-order valence-corrected chi connectivity index (χ4v) is 4.96. The third-order valence-electron chi connectivity index (χ3n) is 6.56. The van der Waals surface area contributed by atoms with E-state index in [0.29, 0.717) is 32.3 Å². The number of hydrogen-bond acceptors (Lipinski definition) is 4. The van der Waals surface area contributed by atoms with E-state index in [-0.39, 0.29) is 12.2 Å². The number of amides is 2. The maximum absolute atomic E-state index is 14.0. The Labute approximate surface area is 186 Å². The highest BCUT2D eigenvalue weighted by Gasteiger charge is 2.44. The molecule has 2 saturated heterocycles. The number of anilines is 1. The molecule has 2 fully saturated rings. The molecular formula is C24H27F2N3O3. The summed E-state index contributed by atoms with van der Waals surface area (Å²) in [6.07, 6.45) is 2.89. The molecule has 1 atom stereocenters. The lowest BCUT2D eigenvalue weighted by molar-refractivity contribution is -0.261. The van der Waals surface area contributed by atoms with Crippen molar-refractivity contribution in [2.24, 2.45) is 0 Å². The summed E-state index contributed by atoms with van der Waals surface area (Å²) < 4.78 is 39.4. The molecule has 170 valence electrons. The van der Waals surface area contributed by atoms with Crippen molar-refractivity contribution in [1.29, 1.82) is 0 Å². The smallest absolute Gasteiger partial charge is 0.322 e. The fourth-order valence-electron chi connectivity index (χ4n) is 4.96. The Morgan fingerprint density at radius 3 is 2.50 bits per heavy atom. The minimum atomic E-state index is -0.914. The molecule has 1 spiro atoms. The Bertz CT molecular complexity index is 979. The van der Waals surface area contributed by atoms with Crippen LogP contribution >= 0.6 is 0 Å². The molecule has 1 N–H and O–H groups in total. The molecule has 6 nitrogen and oxygen atoms in total. The zero-order chi connectivity index (χ0) is 22.1. The summed E-state index contributed by atoms with van der Waals surface area (Å²) in [5.74, 6) is -2.41. The van der Waals surface area contributed by atoms with E-state index in [4.69, 9.17) is 9.47 Å². The number of carbonyl (C=O) groups is 1. The van der Waals surface area contributed by atoms with E-state index in [1.54, 1.807) is 4.90 Å². The minimum absolute atomic E-state index is 0.0518. The number of fused-ring (bicyclic) bond motifs is 1. The summed E-state index contributed by atoms with van der Waals surface area (Å²) in [5.41, 5.74) is 2.73.